The van der Waals surface area contributed by atoms with Crippen molar-refractivity contribution < 1.29 is 19.1 Å². The van der Waals surface area contributed by atoms with Crippen molar-refractivity contribution in [1.82, 2.24) is 0 Å². The largest absolute Gasteiger partial charge is 0.461 e. The Bertz CT molecular complexity index is 685. The highest BCUT2D eigenvalue weighted by molar-refractivity contribution is 5.69. The van der Waals surface area contributed by atoms with Gasteiger partial charge in [-0.05, 0) is 70.8 Å². The summed E-state index contributed by atoms with van der Waals surface area (Å²) >= 11 is 0. The predicted octanol–water partition coefficient (Wildman–Crippen LogP) is 10.8. The smallest absolute Gasteiger partial charge is 0.306 e. The molecule has 0 atom stereocenters. The van der Waals surface area contributed by atoms with Crippen LogP contribution in [0.2, 0.25) is 0 Å². The van der Waals surface area contributed by atoms with E-state index in [2.05, 4.69) is 26.0 Å². The molecule has 0 aromatic heterocycles. The van der Waals surface area contributed by atoms with Crippen molar-refractivity contribution in [2.45, 2.75) is 199 Å². The van der Waals surface area contributed by atoms with Gasteiger partial charge in [-0.2, -0.15) is 0 Å². The lowest BCUT2D eigenvalue weighted by Gasteiger charge is -2.30. The number of unbranched alkanes of at least 4 members (excludes halogenated alkanes) is 18. The first-order valence-electron chi connectivity index (χ1n) is 19.6. The van der Waals surface area contributed by atoms with Crippen LogP contribution in [0.4, 0.5) is 0 Å². The maximum absolute atomic E-state index is 12.0. The van der Waals surface area contributed by atoms with Crippen molar-refractivity contribution in [2.75, 3.05) is 19.8 Å². The van der Waals surface area contributed by atoms with Gasteiger partial charge in [-0.15, -0.1) is 0 Å². The molecule has 0 aromatic rings. The molecule has 0 bridgehead atoms. The van der Waals surface area contributed by atoms with Crippen LogP contribution in [0.15, 0.2) is 24.3 Å². The van der Waals surface area contributed by atoms with Gasteiger partial charge in [0.2, 0.25) is 0 Å². The molecule has 6 nitrogen and oxygen atoms in total. The van der Waals surface area contributed by atoms with E-state index in [0.29, 0.717) is 26.1 Å². The first kappa shape index (κ1) is 44.3. The maximum Gasteiger partial charge on any atom is 0.306 e. The average Bonchev–Trinajstić information content (AvgIpc) is 3.04. The summed E-state index contributed by atoms with van der Waals surface area (Å²) in [5.41, 5.74) is 12.6. The summed E-state index contributed by atoms with van der Waals surface area (Å²) in [5, 5.41) is 0. The van der Waals surface area contributed by atoms with Crippen LogP contribution in [0.5, 0.6) is 0 Å². The van der Waals surface area contributed by atoms with E-state index in [9.17, 15) is 9.59 Å². The molecule has 0 saturated heterocycles. The van der Waals surface area contributed by atoms with E-state index in [-0.39, 0.29) is 17.5 Å². The van der Waals surface area contributed by atoms with Gasteiger partial charge in [0.25, 0.3) is 0 Å². The Labute approximate surface area is 285 Å². The van der Waals surface area contributed by atoms with Gasteiger partial charge in [0.05, 0.1) is 0 Å². The second kappa shape index (κ2) is 34.7. The molecule has 0 rings (SSSR count). The van der Waals surface area contributed by atoms with Gasteiger partial charge in [-0.1, -0.05) is 141 Å². The van der Waals surface area contributed by atoms with Crippen LogP contribution in [-0.4, -0.2) is 37.2 Å². The van der Waals surface area contributed by atoms with Gasteiger partial charge in [0, 0.05) is 18.4 Å². The van der Waals surface area contributed by atoms with Crippen LogP contribution >= 0.6 is 0 Å². The van der Waals surface area contributed by atoms with E-state index in [0.717, 1.165) is 109 Å². The molecule has 46 heavy (non-hydrogen) atoms. The van der Waals surface area contributed by atoms with Gasteiger partial charge in [-0.25, -0.2) is 0 Å². The highest BCUT2D eigenvalue weighted by Gasteiger charge is 2.23. The Morgan fingerprint density at radius 3 is 1.28 bits per heavy atom. The number of nitrogens with two attached hydrogens (primary N) is 2. The summed E-state index contributed by atoms with van der Waals surface area (Å²) in [5.74, 6) is -0.157. The van der Waals surface area contributed by atoms with Crippen molar-refractivity contribution in [1.29, 1.82) is 0 Å². The van der Waals surface area contributed by atoms with Crippen molar-refractivity contribution in [3.63, 3.8) is 0 Å². The highest BCUT2D eigenvalue weighted by Crippen LogP contribution is 2.26. The molecule has 0 radical (unpaired) electrons. The number of esters is 2. The molecule has 0 fully saturated rings. The highest BCUT2D eigenvalue weighted by atomic mass is 16.5. The van der Waals surface area contributed by atoms with Crippen LogP contribution in [0.3, 0.4) is 0 Å². The lowest BCUT2D eigenvalue weighted by molar-refractivity contribution is -0.143. The fourth-order valence-corrected chi connectivity index (χ4v) is 5.90. The molecule has 0 heterocycles. The zero-order valence-corrected chi connectivity index (χ0v) is 30.5. The van der Waals surface area contributed by atoms with E-state index in [1.54, 1.807) is 0 Å². The standard InChI is InChI=1S/C40H76N2O4/c1-3-5-7-9-11-19-28-36-45-38(43)30-22-15-13-17-24-32-40(42,34-26-21-27-35-41)33-25-18-14-16-23-31-39(44)46-37-29-20-12-10-8-6-4-2/h19-20,28-29H,3-18,21-27,30-37,41-42H2,1-2H3/b28-19-,29-20-. The van der Waals surface area contributed by atoms with E-state index >= 15 is 0 Å². The fraction of sp³-hybridized carbons (Fsp3) is 0.850. The van der Waals surface area contributed by atoms with Gasteiger partial charge in [0.15, 0.2) is 0 Å². The molecular formula is C40H76N2O4. The minimum Gasteiger partial charge on any atom is -0.461 e. The zero-order valence-electron chi connectivity index (χ0n) is 30.5. The topological polar surface area (TPSA) is 105 Å². The summed E-state index contributed by atoms with van der Waals surface area (Å²) in [6, 6.07) is 0. The summed E-state index contributed by atoms with van der Waals surface area (Å²) in [6.45, 7) is 6.01. The normalized spacial score (nSPS) is 12.0. The molecule has 0 amide bonds. The predicted molar refractivity (Wildman–Crippen MR) is 197 cm³/mol. The lowest BCUT2D eigenvalue weighted by Crippen LogP contribution is -2.39. The van der Waals surface area contributed by atoms with Crippen LogP contribution in [-0.2, 0) is 19.1 Å². The first-order chi connectivity index (χ1) is 22.5. The Kier molecular flexibility index (Phi) is 33.4. The number of ether oxygens (including phenoxy) is 2. The van der Waals surface area contributed by atoms with E-state index < -0.39 is 0 Å². The second-order valence-corrected chi connectivity index (χ2v) is 13.5. The third-order valence-corrected chi connectivity index (χ3v) is 8.95. The van der Waals surface area contributed by atoms with Crippen LogP contribution in [0.1, 0.15) is 194 Å². The Morgan fingerprint density at radius 2 is 0.870 bits per heavy atom. The van der Waals surface area contributed by atoms with Gasteiger partial charge in [0.1, 0.15) is 13.2 Å². The van der Waals surface area contributed by atoms with E-state index in [4.69, 9.17) is 20.9 Å². The summed E-state index contributed by atoms with van der Waals surface area (Å²) < 4.78 is 10.7. The van der Waals surface area contributed by atoms with Crippen LogP contribution < -0.4 is 11.5 Å². The van der Waals surface area contributed by atoms with Crippen molar-refractivity contribution in [2.24, 2.45) is 11.5 Å². The van der Waals surface area contributed by atoms with Crippen molar-refractivity contribution in [3.05, 3.63) is 24.3 Å². The molecular weight excluding hydrogens is 572 g/mol. The fourth-order valence-electron chi connectivity index (χ4n) is 5.90. The summed E-state index contributed by atoms with van der Waals surface area (Å²) in [6.07, 6.45) is 39.0. The Balaban J connectivity index is 4.00. The summed E-state index contributed by atoms with van der Waals surface area (Å²) in [4.78, 5) is 24.0. The van der Waals surface area contributed by atoms with Crippen LogP contribution in [0, 0.1) is 0 Å². The molecule has 0 aliphatic rings. The molecule has 0 aliphatic heterocycles. The first-order valence-corrected chi connectivity index (χ1v) is 19.6. The number of rotatable bonds is 35. The Hall–Kier alpha value is -1.66. The minimum atomic E-state index is -0.0880. The monoisotopic (exact) mass is 649 g/mol. The number of hydrogen-bond acceptors (Lipinski definition) is 6. The zero-order chi connectivity index (χ0) is 33.8. The molecule has 0 spiro atoms. The van der Waals surface area contributed by atoms with Crippen molar-refractivity contribution in [3.8, 4) is 0 Å². The molecule has 270 valence electrons. The molecule has 6 heteroatoms. The van der Waals surface area contributed by atoms with Gasteiger partial charge >= 0.3 is 11.9 Å². The van der Waals surface area contributed by atoms with E-state index in [1.165, 1.54) is 64.2 Å². The molecule has 4 N–H and O–H groups in total. The van der Waals surface area contributed by atoms with Gasteiger partial charge in [-0.3, -0.25) is 9.59 Å². The van der Waals surface area contributed by atoms with Crippen molar-refractivity contribution >= 4 is 11.9 Å². The third-order valence-electron chi connectivity index (χ3n) is 8.95. The second-order valence-electron chi connectivity index (χ2n) is 13.5. The summed E-state index contributed by atoms with van der Waals surface area (Å²) in [7, 11) is 0. The molecule has 0 aliphatic carbocycles. The maximum atomic E-state index is 12.0. The number of allylic oxidation sites excluding steroid dienone is 2. The van der Waals surface area contributed by atoms with Crippen LogP contribution in [0.25, 0.3) is 0 Å². The molecule has 0 unspecified atom stereocenters. The van der Waals surface area contributed by atoms with Gasteiger partial charge < -0.3 is 20.9 Å². The van der Waals surface area contributed by atoms with E-state index in [1.807, 2.05) is 12.2 Å². The quantitative estimate of drug-likeness (QED) is 0.0402. The minimum absolute atomic E-state index is 0.0785. The molecule has 0 saturated carbocycles. The number of carbonyl (C=O) groups is 2. The SMILES string of the molecule is CCCCCC/C=C\COC(=O)CCCCCCCC(N)(CCCCCN)CCCCCCCC(=O)OC/C=C\CCCCCC. The number of carbonyl (C=O) groups excluding carboxylic acids is 2. The Morgan fingerprint density at radius 1 is 0.500 bits per heavy atom. The molecule has 0 aromatic carbocycles. The third kappa shape index (κ3) is 32.3. The lowest BCUT2D eigenvalue weighted by atomic mass is 9.83. The number of hydrogen-bond donors (Lipinski definition) is 2. The average molecular weight is 649 g/mol.